The number of hydrogen-bond donors (Lipinski definition) is 3. The number of pyridine rings is 1. The lowest BCUT2D eigenvalue weighted by Gasteiger charge is -2.45. The van der Waals surface area contributed by atoms with Crippen molar-refractivity contribution in [1.82, 2.24) is 25.0 Å². The average molecular weight is 670 g/mol. The van der Waals surface area contributed by atoms with Crippen LogP contribution >= 0.6 is 0 Å². The summed E-state index contributed by atoms with van der Waals surface area (Å²) in [6.45, 7) is 3.69. The first kappa shape index (κ1) is 34.0. The summed E-state index contributed by atoms with van der Waals surface area (Å²) in [5, 5.41) is 9.04. The molecular formula is C37H44FN7O4. The Morgan fingerprint density at radius 2 is 1.73 bits per heavy atom. The number of benzene rings is 2. The second kappa shape index (κ2) is 14.7. The molecule has 5 amide bonds. The number of alkyl halides is 1. The van der Waals surface area contributed by atoms with Gasteiger partial charge >= 0.3 is 6.03 Å². The van der Waals surface area contributed by atoms with E-state index in [1.54, 1.807) is 16.0 Å². The molecule has 258 valence electrons. The number of carbonyl (C=O) groups is 4. The van der Waals surface area contributed by atoms with Gasteiger partial charge in [-0.3, -0.25) is 14.4 Å². The number of hydrogen-bond acceptors (Lipinski definition) is 6. The number of piperidine rings is 1. The third kappa shape index (κ3) is 7.59. The summed E-state index contributed by atoms with van der Waals surface area (Å²) in [5.74, 6) is -0.0895. The van der Waals surface area contributed by atoms with Gasteiger partial charge in [0.1, 0.15) is 18.5 Å². The molecule has 12 heteroatoms. The van der Waals surface area contributed by atoms with Crippen LogP contribution in [0.5, 0.6) is 0 Å². The van der Waals surface area contributed by atoms with Crippen molar-refractivity contribution in [3.8, 4) is 0 Å². The molecule has 3 aliphatic heterocycles. The second-order valence-corrected chi connectivity index (χ2v) is 13.3. The van der Waals surface area contributed by atoms with Gasteiger partial charge in [0, 0.05) is 44.5 Å². The van der Waals surface area contributed by atoms with Crippen LogP contribution < -0.4 is 16.0 Å². The fourth-order valence-electron chi connectivity index (χ4n) is 7.10. The van der Waals surface area contributed by atoms with Crippen LogP contribution in [0.15, 0.2) is 60.8 Å². The number of rotatable bonds is 9. The topological polar surface area (TPSA) is 127 Å². The minimum Gasteiger partial charge on any atom is -0.329 e. The zero-order chi connectivity index (χ0) is 34.5. The highest BCUT2D eigenvalue weighted by Crippen LogP contribution is 2.38. The van der Waals surface area contributed by atoms with Crippen molar-refractivity contribution in [3.05, 3.63) is 88.6 Å². The smallest absolute Gasteiger partial charge is 0.320 e. The van der Waals surface area contributed by atoms with Crippen molar-refractivity contribution in [2.45, 2.75) is 58.3 Å². The van der Waals surface area contributed by atoms with Crippen LogP contribution in [0.25, 0.3) is 0 Å². The van der Waals surface area contributed by atoms with Crippen LogP contribution in [0.1, 0.15) is 54.0 Å². The van der Waals surface area contributed by atoms with E-state index in [4.69, 9.17) is 0 Å². The first-order valence-electron chi connectivity index (χ1n) is 17.0. The molecule has 1 aromatic heterocycles. The average Bonchev–Trinajstić information content (AvgIpc) is 3.08. The number of aromatic nitrogens is 1. The second-order valence-electron chi connectivity index (χ2n) is 13.3. The van der Waals surface area contributed by atoms with E-state index in [1.807, 2.05) is 68.6 Å². The highest BCUT2D eigenvalue weighted by molar-refractivity contribution is 5.96. The van der Waals surface area contributed by atoms with E-state index in [-0.39, 0.29) is 56.4 Å². The molecule has 49 heavy (non-hydrogen) atoms. The highest BCUT2D eigenvalue weighted by Gasteiger charge is 2.45. The number of nitrogens with one attached hydrogen (secondary N) is 3. The Balaban J connectivity index is 1.20. The summed E-state index contributed by atoms with van der Waals surface area (Å²) in [6.07, 6.45) is 2.90. The van der Waals surface area contributed by atoms with Gasteiger partial charge in [0.15, 0.2) is 0 Å². The molecule has 3 N–H and O–H groups in total. The van der Waals surface area contributed by atoms with Gasteiger partial charge in [-0.1, -0.05) is 43.3 Å². The summed E-state index contributed by atoms with van der Waals surface area (Å²) in [6, 6.07) is 17.0. The molecule has 0 spiro atoms. The maximum Gasteiger partial charge on any atom is 0.320 e. The molecular weight excluding hydrogens is 625 g/mol. The van der Waals surface area contributed by atoms with Crippen LogP contribution in [0.3, 0.4) is 0 Å². The van der Waals surface area contributed by atoms with E-state index < -0.39 is 11.6 Å². The number of urea groups is 1. The predicted molar refractivity (Wildman–Crippen MR) is 184 cm³/mol. The normalized spacial score (nSPS) is 17.1. The molecule has 2 saturated heterocycles. The fourth-order valence-corrected chi connectivity index (χ4v) is 7.10. The van der Waals surface area contributed by atoms with Crippen LogP contribution in [0.4, 0.5) is 20.7 Å². The summed E-state index contributed by atoms with van der Waals surface area (Å²) in [7, 11) is 1.86. The van der Waals surface area contributed by atoms with Crippen LogP contribution in [0.2, 0.25) is 0 Å². The number of amides is 5. The van der Waals surface area contributed by atoms with Gasteiger partial charge in [0.25, 0.3) is 0 Å². The minimum atomic E-state index is -0.972. The van der Waals surface area contributed by atoms with Gasteiger partial charge in [0.2, 0.25) is 17.7 Å². The van der Waals surface area contributed by atoms with Gasteiger partial charge in [-0.2, -0.15) is 0 Å². The summed E-state index contributed by atoms with van der Waals surface area (Å²) in [5.41, 5.74) is 4.48. The van der Waals surface area contributed by atoms with E-state index in [9.17, 15) is 23.6 Å². The van der Waals surface area contributed by atoms with Gasteiger partial charge in [0.05, 0.1) is 24.9 Å². The van der Waals surface area contributed by atoms with Gasteiger partial charge < -0.3 is 30.7 Å². The van der Waals surface area contributed by atoms with E-state index in [0.717, 1.165) is 27.8 Å². The van der Waals surface area contributed by atoms with Gasteiger partial charge in [-0.25, -0.2) is 14.2 Å². The Morgan fingerprint density at radius 1 is 0.980 bits per heavy atom. The molecule has 0 atom stereocenters. The molecule has 0 aliphatic carbocycles. The first-order valence-corrected chi connectivity index (χ1v) is 17.0. The Labute approximate surface area is 286 Å². The monoisotopic (exact) mass is 669 g/mol. The summed E-state index contributed by atoms with van der Waals surface area (Å²) < 4.78 is 13.4. The zero-order valence-corrected chi connectivity index (χ0v) is 28.1. The van der Waals surface area contributed by atoms with Crippen molar-refractivity contribution in [3.63, 3.8) is 0 Å². The Kier molecular flexibility index (Phi) is 10.2. The third-order valence-electron chi connectivity index (χ3n) is 10.1. The van der Waals surface area contributed by atoms with E-state index >= 15 is 0 Å². The van der Waals surface area contributed by atoms with Crippen molar-refractivity contribution in [1.29, 1.82) is 0 Å². The predicted octanol–water partition coefficient (Wildman–Crippen LogP) is 4.12. The molecule has 2 aromatic carbocycles. The maximum atomic E-state index is 14.5. The highest BCUT2D eigenvalue weighted by atomic mass is 19.1. The third-order valence-corrected chi connectivity index (χ3v) is 10.1. The van der Waals surface area contributed by atoms with Gasteiger partial charge in [-0.15, -0.1) is 0 Å². The Morgan fingerprint density at radius 3 is 2.45 bits per heavy atom. The van der Waals surface area contributed by atoms with E-state index in [0.29, 0.717) is 56.8 Å². The number of anilines is 2. The van der Waals surface area contributed by atoms with Crippen molar-refractivity contribution in [2.24, 2.45) is 5.41 Å². The quantitative estimate of drug-likeness (QED) is 0.315. The van der Waals surface area contributed by atoms with E-state index in [2.05, 4.69) is 20.9 Å². The van der Waals surface area contributed by atoms with Crippen LogP contribution in [-0.2, 0) is 40.3 Å². The summed E-state index contributed by atoms with van der Waals surface area (Å²) in [4.78, 5) is 63.1. The lowest BCUT2D eigenvalue weighted by molar-refractivity contribution is -0.148. The number of carbonyl (C=O) groups excluding carboxylic acids is 4. The van der Waals surface area contributed by atoms with Crippen molar-refractivity contribution >= 4 is 35.3 Å². The number of fused-ring (bicyclic) bond motifs is 2. The molecule has 6 rings (SSSR count). The standard InChI is InChI=1S/C37H44FN7O4/c1-3-37(12-15-43(16-13-37)36(49)45-22-30(38)23-45)35(48)44(21-28-8-5-4-7-27(28)20-39-2)24-33(47)41-31-11-10-25-17-26-9-6-14-40-34(26)42-32(46)19-29(25)18-31/h4-11,14,18,30,39H,3,12-13,15-17,19-24H2,1-2H3,(H,41,47)(H,40,42,46). The minimum absolute atomic E-state index is 0.116. The van der Waals surface area contributed by atoms with Crippen LogP contribution in [0, 0.1) is 5.41 Å². The molecule has 3 aliphatic rings. The van der Waals surface area contributed by atoms with Crippen molar-refractivity contribution < 1.29 is 23.6 Å². The lowest BCUT2D eigenvalue weighted by atomic mass is 9.74. The largest absolute Gasteiger partial charge is 0.329 e. The summed E-state index contributed by atoms with van der Waals surface area (Å²) >= 11 is 0. The lowest BCUT2D eigenvalue weighted by Crippen LogP contribution is -2.59. The number of halogens is 1. The molecule has 4 heterocycles. The Bertz CT molecular complexity index is 1720. The zero-order valence-electron chi connectivity index (χ0n) is 28.1. The van der Waals surface area contributed by atoms with E-state index in [1.165, 1.54) is 4.90 Å². The maximum absolute atomic E-state index is 14.5. The molecule has 11 nitrogen and oxygen atoms in total. The first-order chi connectivity index (χ1) is 23.7. The van der Waals surface area contributed by atoms with Crippen LogP contribution in [-0.4, -0.2) is 89.4 Å². The van der Waals surface area contributed by atoms with Crippen molar-refractivity contribution in [2.75, 3.05) is 50.4 Å². The molecule has 3 aromatic rings. The molecule has 0 radical (unpaired) electrons. The molecule has 0 unspecified atom stereocenters. The molecule has 2 fully saturated rings. The number of likely N-dealkylation sites (tertiary alicyclic amines) is 2. The molecule has 0 bridgehead atoms. The number of nitrogens with zero attached hydrogens (tertiary/aromatic N) is 4. The Hall–Kier alpha value is -4.84. The SMILES string of the molecule is CCC1(C(=O)N(CC(=O)Nc2ccc3c(c2)CC(=O)Nc2ncccc2C3)Cc2ccccc2CNC)CCN(C(=O)N2CC(F)C2)CC1. The van der Waals surface area contributed by atoms with Gasteiger partial charge in [-0.05, 0) is 72.3 Å². The molecule has 0 saturated carbocycles. The fraction of sp³-hybridized carbons (Fsp3) is 0.432.